The molecular formula is C15H28. The zero-order valence-corrected chi connectivity index (χ0v) is 11.3. The quantitative estimate of drug-likeness (QED) is 0.567. The third-order valence-corrected chi connectivity index (χ3v) is 5.06. The molecule has 0 N–H and O–H groups in total. The van der Waals surface area contributed by atoms with Crippen LogP contribution in [0.5, 0.6) is 0 Å². The summed E-state index contributed by atoms with van der Waals surface area (Å²) >= 11 is 0. The lowest BCUT2D eigenvalue weighted by molar-refractivity contribution is 0.182. The van der Waals surface area contributed by atoms with Gasteiger partial charge in [-0.15, -0.1) is 0 Å². The second-order valence-electron chi connectivity index (χ2n) is 6.32. The SMILES string of the molecule is C=C(C)C(C)CCC1CCC(C)C1(C)C. The fourth-order valence-corrected chi connectivity index (χ4v) is 2.81. The van der Waals surface area contributed by atoms with Gasteiger partial charge < -0.3 is 0 Å². The predicted octanol–water partition coefficient (Wildman–Crippen LogP) is 5.05. The van der Waals surface area contributed by atoms with Crippen molar-refractivity contribution in [2.24, 2.45) is 23.2 Å². The maximum Gasteiger partial charge on any atom is -0.0237 e. The third kappa shape index (κ3) is 2.86. The highest BCUT2D eigenvalue weighted by molar-refractivity contribution is 4.95. The van der Waals surface area contributed by atoms with Gasteiger partial charge in [-0.2, -0.15) is 0 Å². The summed E-state index contributed by atoms with van der Waals surface area (Å²) in [6.45, 7) is 15.9. The van der Waals surface area contributed by atoms with E-state index in [2.05, 4.69) is 41.2 Å². The van der Waals surface area contributed by atoms with Crippen LogP contribution in [-0.4, -0.2) is 0 Å². The number of rotatable bonds is 4. The van der Waals surface area contributed by atoms with Crippen LogP contribution in [0.15, 0.2) is 12.2 Å². The molecular weight excluding hydrogens is 180 g/mol. The molecule has 0 heteroatoms. The van der Waals surface area contributed by atoms with Crippen LogP contribution in [-0.2, 0) is 0 Å². The van der Waals surface area contributed by atoms with Crippen molar-refractivity contribution in [3.8, 4) is 0 Å². The van der Waals surface area contributed by atoms with Gasteiger partial charge in [0.15, 0.2) is 0 Å². The topological polar surface area (TPSA) is 0 Å². The van der Waals surface area contributed by atoms with Gasteiger partial charge >= 0.3 is 0 Å². The van der Waals surface area contributed by atoms with E-state index in [1.54, 1.807) is 0 Å². The standard InChI is InChI=1S/C15H28/c1-11(2)12(3)7-9-14-10-8-13(4)15(14,5)6/h12-14H,1,7-10H2,2-6H3. The summed E-state index contributed by atoms with van der Waals surface area (Å²) < 4.78 is 0. The Morgan fingerprint density at radius 3 is 2.40 bits per heavy atom. The summed E-state index contributed by atoms with van der Waals surface area (Å²) in [5.41, 5.74) is 1.91. The monoisotopic (exact) mass is 208 g/mol. The second-order valence-corrected chi connectivity index (χ2v) is 6.32. The summed E-state index contributed by atoms with van der Waals surface area (Å²) in [5, 5.41) is 0. The maximum absolute atomic E-state index is 4.05. The molecule has 1 fully saturated rings. The van der Waals surface area contributed by atoms with Crippen LogP contribution < -0.4 is 0 Å². The lowest BCUT2D eigenvalue weighted by Crippen LogP contribution is -2.23. The van der Waals surface area contributed by atoms with Crippen molar-refractivity contribution in [1.82, 2.24) is 0 Å². The first-order valence-corrected chi connectivity index (χ1v) is 6.51. The molecule has 0 amide bonds. The molecule has 0 spiro atoms. The largest absolute Gasteiger partial charge is 0.0999 e. The average Bonchev–Trinajstić information content (AvgIpc) is 2.39. The van der Waals surface area contributed by atoms with Gasteiger partial charge in [-0.3, -0.25) is 0 Å². The Labute approximate surface area is 96.2 Å². The van der Waals surface area contributed by atoms with Crippen LogP contribution >= 0.6 is 0 Å². The molecule has 0 aromatic heterocycles. The van der Waals surface area contributed by atoms with E-state index in [4.69, 9.17) is 0 Å². The van der Waals surface area contributed by atoms with Crippen LogP contribution in [0.2, 0.25) is 0 Å². The van der Waals surface area contributed by atoms with E-state index in [0.29, 0.717) is 11.3 Å². The Morgan fingerprint density at radius 2 is 2.00 bits per heavy atom. The van der Waals surface area contributed by atoms with E-state index >= 15 is 0 Å². The molecule has 0 heterocycles. The van der Waals surface area contributed by atoms with E-state index < -0.39 is 0 Å². The van der Waals surface area contributed by atoms with Gasteiger partial charge in [0, 0.05) is 0 Å². The van der Waals surface area contributed by atoms with Crippen LogP contribution in [0, 0.1) is 23.2 Å². The van der Waals surface area contributed by atoms with E-state index in [0.717, 1.165) is 11.8 Å². The number of allylic oxidation sites excluding steroid dienone is 1. The minimum Gasteiger partial charge on any atom is -0.0999 e. The summed E-state index contributed by atoms with van der Waals surface area (Å²) in [4.78, 5) is 0. The maximum atomic E-state index is 4.05. The van der Waals surface area contributed by atoms with Gasteiger partial charge in [-0.1, -0.05) is 39.8 Å². The second kappa shape index (κ2) is 4.72. The first-order chi connectivity index (χ1) is 6.85. The van der Waals surface area contributed by atoms with Gasteiger partial charge in [0.2, 0.25) is 0 Å². The third-order valence-electron chi connectivity index (χ3n) is 5.06. The first-order valence-electron chi connectivity index (χ1n) is 6.51. The highest BCUT2D eigenvalue weighted by Gasteiger charge is 2.39. The molecule has 1 saturated carbocycles. The Morgan fingerprint density at radius 1 is 1.40 bits per heavy atom. The van der Waals surface area contributed by atoms with Gasteiger partial charge in [0.1, 0.15) is 0 Å². The van der Waals surface area contributed by atoms with Gasteiger partial charge in [0.25, 0.3) is 0 Å². The van der Waals surface area contributed by atoms with Crippen LogP contribution in [0.1, 0.15) is 60.3 Å². The molecule has 0 saturated heterocycles. The van der Waals surface area contributed by atoms with E-state index in [-0.39, 0.29) is 0 Å². The van der Waals surface area contributed by atoms with E-state index in [1.165, 1.54) is 31.3 Å². The van der Waals surface area contributed by atoms with Gasteiger partial charge in [-0.05, 0) is 55.8 Å². The van der Waals surface area contributed by atoms with E-state index in [1.807, 2.05) is 0 Å². The van der Waals surface area contributed by atoms with Crippen LogP contribution in [0.3, 0.4) is 0 Å². The Hall–Kier alpha value is -0.260. The molecule has 3 unspecified atom stereocenters. The summed E-state index contributed by atoms with van der Waals surface area (Å²) in [7, 11) is 0. The fraction of sp³-hybridized carbons (Fsp3) is 0.867. The molecule has 0 aromatic carbocycles. The molecule has 15 heavy (non-hydrogen) atoms. The molecule has 1 aliphatic carbocycles. The van der Waals surface area contributed by atoms with Crippen molar-refractivity contribution in [2.75, 3.05) is 0 Å². The predicted molar refractivity (Wildman–Crippen MR) is 68.9 cm³/mol. The van der Waals surface area contributed by atoms with Crippen molar-refractivity contribution in [3.05, 3.63) is 12.2 Å². The number of hydrogen-bond acceptors (Lipinski definition) is 0. The Kier molecular flexibility index (Phi) is 4.03. The minimum atomic E-state index is 0.564. The van der Waals surface area contributed by atoms with Crippen molar-refractivity contribution >= 4 is 0 Å². The molecule has 1 aliphatic rings. The lowest BCUT2D eigenvalue weighted by Gasteiger charge is -2.32. The Bertz CT molecular complexity index is 224. The Balaban J connectivity index is 2.43. The molecule has 88 valence electrons. The number of hydrogen-bond donors (Lipinski definition) is 0. The smallest absolute Gasteiger partial charge is 0.0237 e. The highest BCUT2D eigenvalue weighted by atomic mass is 14.4. The summed E-state index contributed by atoms with van der Waals surface area (Å²) in [5.74, 6) is 2.55. The van der Waals surface area contributed by atoms with Crippen molar-refractivity contribution < 1.29 is 0 Å². The first kappa shape index (κ1) is 12.8. The summed E-state index contributed by atoms with van der Waals surface area (Å²) in [6, 6.07) is 0. The van der Waals surface area contributed by atoms with Crippen molar-refractivity contribution in [1.29, 1.82) is 0 Å². The molecule has 3 atom stereocenters. The molecule has 0 radical (unpaired) electrons. The van der Waals surface area contributed by atoms with Crippen molar-refractivity contribution in [3.63, 3.8) is 0 Å². The zero-order chi connectivity index (χ0) is 11.6. The normalized spacial score (nSPS) is 31.5. The fourth-order valence-electron chi connectivity index (χ4n) is 2.81. The average molecular weight is 208 g/mol. The molecule has 0 bridgehead atoms. The zero-order valence-electron chi connectivity index (χ0n) is 11.3. The van der Waals surface area contributed by atoms with E-state index in [9.17, 15) is 0 Å². The lowest BCUT2D eigenvalue weighted by atomic mass is 9.73. The van der Waals surface area contributed by atoms with Crippen LogP contribution in [0.4, 0.5) is 0 Å². The molecule has 0 nitrogen and oxygen atoms in total. The molecule has 0 aromatic rings. The summed E-state index contributed by atoms with van der Waals surface area (Å²) in [6.07, 6.45) is 5.59. The van der Waals surface area contributed by atoms with Gasteiger partial charge in [0.05, 0.1) is 0 Å². The molecule has 1 rings (SSSR count). The van der Waals surface area contributed by atoms with Gasteiger partial charge in [-0.25, -0.2) is 0 Å². The minimum absolute atomic E-state index is 0.564. The molecule has 0 aliphatic heterocycles. The van der Waals surface area contributed by atoms with Crippen LogP contribution in [0.25, 0.3) is 0 Å². The van der Waals surface area contributed by atoms with Crippen molar-refractivity contribution in [2.45, 2.75) is 60.3 Å². The highest BCUT2D eigenvalue weighted by Crippen LogP contribution is 2.49.